The minimum absolute atomic E-state index is 0.0552. The summed E-state index contributed by atoms with van der Waals surface area (Å²) in [5.41, 5.74) is 2.32. The van der Waals surface area contributed by atoms with Crippen LogP contribution in [-0.4, -0.2) is 19.2 Å². The molecular weight excluding hydrogens is 435 g/mol. The van der Waals surface area contributed by atoms with Gasteiger partial charge in [0.05, 0.1) is 9.82 Å². The fraction of sp³-hybridized carbons (Fsp3) is 0.0870. The number of nitrogens with zero attached hydrogens (tertiary/aromatic N) is 1. The van der Waals surface area contributed by atoms with Crippen LogP contribution in [0.2, 0.25) is 0 Å². The normalized spacial score (nSPS) is 11.7. The van der Waals surface area contributed by atoms with E-state index in [1.165, 1.54) is 24.3 Å². The van der Waals surface area contributed by atoms with Gasteiger partial charge in [0.15, 0.2) is 0 Å². The molecular formula is C23H19FN2O5S. The van der Waals surface area contributed by atoms with Gasteiger partial charge >= 0.3 is 10.2 Å². The van der Waals surface area contributed by atoms with E-state index >= 15 is 0 Å². The van der Waals surface area contributed by atoms with Gasteiger partial charge in [0, 0.05) is 23.4 Å². The largest absolute Gasteiger partial charge is 0.332 e. The molecule has 1 amide bonds. The molecule has 0 aromatic heterocycles. The molecule has 0 spiro atoms. The molecule has 3 aromatic carbocycles. The van der Waals surface area contributed by atoms with E-state index in [4.69, 9.17) is 0 Å². The zero-order valence-electron chi connectivity index (χ0n) is 16.8. The average molecular weight is 454 g/mol. The van der Waals surface area contributed by atoms with Crippen molar-refractivity contribution in [2.24, 2.45) is 0 Å². The number of aryl methyl sites for hydroxylation is 1. The van der Waals surface area contributed by atoms with E-state index in [9.17, 15) is 27.2 Å². The molecule has 9 heteroatoms. The summed E-state index contributed by atoms with van der Waals surface area (Å²) in [6, 6.07) is 20.1. The zero-order valence-corrected chi connectivity index (χ0v) is 17.6. The van der Waals surface area contributed by atoms with E-state index in [2.05, 4.69) is 5.32 Å². The second-order valence-electron chi connectivity index (χ2n) is 6.92. The minimum Gasteiger partial charge on any atom is -0.322 e. The number of carbonyl (C=O) groups is 1. The monoisotopic (exact) mass is 454 g/mol. The molecule has 0 fully saturated rings. The molecule has 0 radical (unpaired) electrons. The molecule has 0 aliphatic heterocycles. The Morgan fingerprint density at radius 3 is 2.16 bits per heavy atom. The predicted molar refractivity (Wildman–Crippen MR) is 119 cm³/mol. The third-order valence-electron chi connectivity index (χ3n) is 4.66. The summed E-state index contributed by atoms with van der Waals surface area (Å²) in [5.74, 6) is -0.421. The summed E-state index contributed by atoms with van der Waals surface area (Å²) >= 11 is 0. The maximum atomic E-state index is 13.1. The Labute approximate surface area is 184 Å². The first-order chi connectivity index (χ1) is 15.2. The first-order valence-electron chi connectivity index (χ1n) is 9.57. The number of nitro benzene ring substituents is 1. The van der Waals surface area contributed by atoms with Crippen molar-refractivity contribution in [3.8, 4) is 0 Å². The van der Waals surface area contributed by atoms with E-state index in [1.54, 1.807) is 18.2 Å². The van der Waals surface area contributed by atoms with Crippen LogP contribution in [0.1, 0.15) is 17.5 Å². The van der Waals surface area contributed by atoms with Crippen molar-refractivity contribution >= 4 is 33.6 Å². The lowest BCUT2D eigenvalue weighted by molar-refractivity contribution is -0.384. The number of anilines is 1. The molecule has 32 heavy (non-hydrogen) atoms. The van der Waals surface area contributed by atoms with E-state index in [-0.39, 0.29) is 5.69 Å². The Balaban J connectivity index is 1.83. The predicted octanol–water partition coefficient (Wildman–Crippen LogP) is 4.91. The highest BCUT2D eigenvalue weighted by Gasteiger charge is 2.14. The lowest BCUT2D eigenvalue weighted by Crippen LogP contribution is -2.15. The molecule has 0 aliphatic carbocycles. The number of carbonyl (C=O) groups excluding carboxylic acids is 1. The van der Waals surface area contributed by atoms with Gasteiger partial charge in [0.1, 0.15) is 0 Å². The van der Waals surface area contributed by atoms with E-state index < -0.39 is 25.9 Å². The first kappa shape index (κ1) is 22.8. The summed E-state index contributed by atoms with van der Waals surface area (Å²) < 4.78 is 35.0. The Hall–Kier alpha value is -3.85. The van der Waals surface area contributed by atoms with Crippen LogP contribution in [0.25, 0.3) is 6.08 Å². The van der Waals surface area contributed by atoms with Gasteiger partial charge in [-0.05, 0) is 66.4 Å². The number of nitrogens with one attached hydrogen (secondary N) is 1. The maximum Gasteiger partial charge on any atom is 0.332 e. The molecule has 0 aliphatic rings. The third kappa shape index (κ3) is 6.32. The van der Waals surface area contributed by atoms with Crippen molar-refractivity contribution < 1.29 is 22.0 Å². The number of amides is 1. The lowest BCUT2D eigenvalue weighted by Gasteiger charge is -2.10. The summed E-state index contributed by atoms with van der Waals surface area (Å²) in [4.78, 5) is 22.8. The van der Waals surface area contributed by atoms with Crippen molar-refractivity contribution in [3.63, 3.8) is 0 Å². The molecule has 3 rings (SSSR count). The van der Waals surface area contributed by atoms with Crippen molar-refractivity contribution in [2.45, 2.75) is 17.7 Å². The average Bonchev–Trinajstić information content (AvgIpc) is 2.77. The summed E-state index contributed by atoms with van der Waals surface area (Å²) in [7, 11) is -4.83. The molecule has 0 saturated heterocycles. The molecule has 7 nitrogen and oxygen atoms in total. The highest BCUT2D eigenvalue weighted by Crippen LogP contribution is 2.20. The van der Waals surface area contributed by atoms with Crippen molar-refractivity contribution in [3.05, 3.63) is 106 Å². The third-order valence-corrected chi connectivity index (χ3v) is 5.49. The van der Waals surface area contributed by atoms with Crippen LogP contribution in [0.3, 0.4) is 0 Å². The highest BCUT2D eigenvalue weighted by atomic mass is 32.3. The molecule has 0 unspecified atom stereocenters. The number of non-ortho nitro benzene ring substituents is 1. The molecule has 0 heterocycles. The van der Waals surface area contributed by atoms with Crippen molar-refractivity contribution in [1.82, 2.24) is 0 Å². The van der Waals surface area contributed by atoms with Crippen LogP contribution in [0.5, 0.6) is 0 Å². The van der Waals surface area contributed by atoms with Gasteiger partial charge in [0.2, 0.25) is 0 Å². The second kappa shape index (κ2) is 9.97. The van der Waals surface area contributed by atoms with Crippen LogP contribution in [0.4, 0.5) is 15.3 Å². The van der Waals surface area contributed by atoms with E-state index in [1.807, 2.05) is 30.3 Å². The van der Waals surface area contributed by atoms with Crippen LogP contribution in [-0.2, 0) is 21.4 Å². The van der Waals surface area contributed by atoms with Gasteiger partial charge in [-0.15, -0.1) is 3.89 Å². The Kier molecular flexibility index (Phi) is 7.11. The number of hydrogen-bond donors (Lipinski definition) is 1. The van der Waals surface area contributed by atoms with Crippen molar-refractivity contribution in [2.75, 3.05) is 5.32 Å². The molecule has 3 aromatic rings. The lowest BCUT2D eigenvalue weighted by atomic mass is 10.0. The van der Waals surface area contributed by atoms with Crippen LogP contribution < -0.4 is 5.32 Å². The SMILES string of the molecule is O=C(Nc1ccc(S(=O)(=O)F)cc1)/C(=C/c1ccc([N+](=O)[O-])cc1)CCc1ccccc1. The number of benzene rings is 3. The number of nitro groups is 1. The minimum atomic E-state index is -4.83. The first-order valence-corrected chi connectivity index (χ1v) is 11.0. The summed E-state index contributed by atoms with van der Waals surface area (Å²) in [6.07, 6.45) is 2.62. The van der Waals surface area contributed by atoms with Crippen LogP contribution in [0.15, 0.2) is 89.3 Å². The summed E-state index contributed by atoms with van der Waals surface area (Å²) in [5, 5.41) is 13.5. The maximum absolute atomic E-state index is 13.1. The van der Waals surface area contributed by atoms with Crippen molar-refractivity contribution in [1.29, 1.82) is 0 Å². The number of rotatable bonds is 8. The standard InChI is InChI=1S/C23H19FN2O5S/c24-32(30,31)22-14-10-20(11-15-22)25-23(27)19(9-6-17-4-2-1-3-5-17)16-18-7-12-21(13-8-18)26(28)29/h1-5,7-8,10-16H,6,9H2,(H,25,27)/b19-16+. The fourth-order valence-corrected chi connectivity index (χ4v) is 3.44. The molecule has 0 bridgehead atoms. The number of halogens is 1. The van der Waals surface area contributed by atoms with E-state index in [0.29, 0.717) is 29.7 Å². The van der Waals surface area contributed by atoms with Gasteiger partial charge < -0.3 is 5.32 Å². The van der Waals surface area contributed by atoms with Gasteiger partial charge in [-0.3, -0.25) is 14.9 Å². The van der Waals surface area contributed by atoms with Gasteiger partial charge in [-0.2, -0.15) is 8.42 Å². The van der Waals surface area contributed by atoms with Gasteiger partial charge in [-0.25, -0.2) is 0 Å². The van der Waals surface area contributed by atoms with Crippen LogP contribution >= 0.6 is 0 Å². The summed E-state index contributed by atoms with van der Waals surface area (Å²) in [6.45, 7) is 0. The van der Waals surface area contributed by atoms with Gasteiger partial charge in [-0.1, -0.05) is 30.3 Å². The molecule has 1 N–H and O–H groups in total. The van der Waals surface area contributed by atoms with Crippen LogP contribution in [0, 0.1) is 10.1 Å². The Morgan fingerprint density at radius 1 is 0.969 bits per heavy atom. The van der Waals surface area contributed by atoms with E-state index in [0.717, 1.165) is 17.7 Å². The highest BCUT2D eigenvalue weighted by molar-refractivity contribution is 7.86. The molecule has 164 valence electrons. The smallest absolute Gasteiger partial charge is 0.322 e. The van der Waals surface area contributed by atoms with Gasteiger partial charge in [0.25, 0.3) is 11.6 Å². The second-order valence-corrected chi connectivity index (χ2v) is 8.27. The Morgan fingerprint density at radius 2 is 1.59 bits per heavy atom. The fourth-order valence-electron chi connectivity index (χ4n) is 2.98. The number of hydrogen-bond acceptors (Lipinski definition) is 5. The molecule has 0 atom stereocenters. The Bertz CT molecular complexity index is 1240. The quantitative estimate of drug-likeness (QED) is 0.225. The molecule has 0 saturated carbocycles. The zero-order chi connectivity index (χ0) is 23.1. The topological polar surface area (TPSA) is 106 Å².